The monoisotopic (exact) mass is 369 g/mol. The maximum Gasteiger partial charge on any atom is 0.277 e. The first kappa shape index (κ1) is 15.7. The second-order valence-corrected chi connectivity index (χ2v) is 6.74. The number of aromatic nitrogens is 4. The lowest BCUT2D eigenvalue weighted by atomic mass is 10.0. The summed E-state index contributed by atoms with van der Waals surface area (Å²) in [5, 5.41) is 21.1. The van der Waals surface area contributed by atoms with Gasteiger partial charge in [0.15, 0.2) is 0 Å². The molecule has 2 aromatic heterocycles. The number of benzene rings is 2. The summed E-state index contributed by atoms with van der Waals surface area (Å²) in [5.74, 6) is 0.381. The molecule has 4 rings (SSSR count). The van der Waals surface area contributed by atoms with E-state index in [1.54, 1.807) is 5.51 Å². The Morgan fingerprint density at radius 1 is 1.12 bits per heavy atom. The number of amides is 1. The van der Waals surface area contributed by atoms with Crippen molar-refractivity contribution in [3.8, 4) is 11.5 Å². The van der Waals surface area contributed by atoms with Crippen molar-refractivity contribution in [3.63, 3.8) is 0 Å². The number of hydrogen-bond acceptors (Lipinski definition) is 8. The van der Waals surface area contributed by atoms with Crippen molar-refractivity contribution in [2.45, 2.75) is 5.22 Å². The number of nitrogens with one attached hydrogen (secondary N) is 1. The van der Waals surface area contributed by atoms with Crippen LogP contribution in [0.1, 0.15) is 0 Å². The van der Waals surface area contributed by atoms with Crippen LogP contribution >= 0.6 is 23.1 Å². The summed E-state index contributed by atoms with van der Waals surface area (Å²) >= 11 is 2.44. The van der Waals surface area contributed by atoms with Gasteiger partial charge in [-0.15, -0.1) is 20.4 Å². The van der Waals surface area contributed by atoms with Gasteiger partial charge in [0.25, 0.3) is 5.22 Å². The summed E-state index contributed by atoms with van der Waals surface area (Å²) < 4.78 is 5.70. The van der Waals surface area contributed by atoms with Crippen LogP contribution in [-0.4, -0.2) is 32.1 Å². The van der Waals surface area contributed by atoms with Crippen LogP contribution < -0.4 is 5.32 Å². The van der Waals surface area contributed by atoms with E-state index in [4.69, 9.17) is 4.42 Å². The van der Waals surface area contributed by atoms with E-state index < -0.39 is 0 Å². The minimum absolute atomic E-state index is 0.150. The molecule has 0 radical (unpaired) electrons. The fourth-order valence-corrected chi connectivity index (χ4v) is 3.32. The Bertz CT molecular complexity index is 1010. The van der Waals surface area contributed by atoms with E-state index in [1.807, 2.05) is 42.5 Å². The number of anilines is 1. The van der Waals surface area contributed by atoms with E-state index in [1.165, 1.54) is 23.1 Å². The number of hydrogen-bond donors (Lipinski definition) is 1. The predicted molar refractivity (Wildman–Crippen MR) is 96.5 cm³/mol. The zero-order chi connectivity index (χ0) is 17.1. The van der Waals surface area contributed by atoms with Gasteiger partial charge >= 0.3 is 0 Å². The Balaban J connectivity index is 1.47. The Morgan fingerprint density at radius 3 is 2.88 bits per heavy atom. The zero-order valence-electron chi connectivity index (χ0n) is 12.7. The number of fused-ring (bicyclic) bond motifs is 1. The molecule has 7 nitrogen and oxygen atoms in total. The molecular weight excluding hydrogens is 358 g/mol. The quantitative estimate of drug-likeness (QED) is 0.538. The van der Waals surface area contributed by atoms with Crippen molar-refractivity contribution in [1.82, 2.24) is 20.4 Å². The van der Waals surface area contributed by atoms with Gasteiger partial charge in [0, 0.05) is 5.56 Å². The van der Waals surface area contributed by atoms with Crippen LogP contribution in [0.3, 0.4) is 0 Å². The minimum atomic E-state index is -0.202. The number of carbonyl (C=O) groups excluding carboxylic acids is 1. The van der Waals surface area contributed by atoms with Crippen LogP contribution in [0.4, 0.5) is 5.13 Å². The van der Waals surface area contributed by atoms with E-state index >= 15 is 0 Å². The van der Waals surface area contributed by atoms with Gasteiger partial charge in [-0.25, -0.2) is 0 Å². The third-order valence-corrected chi connectivity index (χ3v) is 4.78. The second kappa shape index (κ2) is 6.99. The number of carbonyl (C=O) groups is 1. The van der Waals surface area contributed by atoms with Crippen LogP contribution in [0.15, 0.2) is 57.6 Å². The molecule has 0 saturated carbocycles. The smallest absolute Gasteiger partial charge is 0.277 e. The lowest BCUT2D eigenvalue weighted by Gasteiger charge is -2.01. The fourth-order valence-electron chi connectivity index (χ4n) is 2.30. The maximum absolute atomic E-state index is 11.9. The van der Waals surface area contributed by atoms with E-state index in [9.17, 15) is 4.79 Å². The van der Waals surface area contributed by atoms with E-state index in [0.29, 0.717) is 16.2 Å². The van der Waals surface area contributed by atoms with Gasteiger partial charge in [0.2, 0.25) is 16.9 Å². The topological polar surface area (TPSA) is 93.8 Å². The van der Waals surface area contributed by atoms with Crippen LogP contribution in [0.25, 0.3) is 22.2 Å². The molecule has 0 aliphatic carbocycles. The number of rotatable bonds is 5. The molecule has 0 unspecified atom stereocenters. The van der Waals surface area contributed by atoms with Crippen LogP contribution in [-0.2, 0) is 4.79 Å². The Labute approximate surface area is 150 Å². The summed E-state index contributed by atoms with van der Waals surface area (Å²) in [6.45, 7) is 0. The maximum atomic E-state index is 11.9. The molecule has 0 spiro atoms. The molecule has 2 heterocycles. The van der Waals surface area contributed by atoms with Crippen molar-refractivity contribution in [2.75, 3.05) is 11.1 Å². The zero-order valence-corrected chi connectivity index (χ0v) is 14.4. The molecule has 0 aliphatic heterocycles. The summed E-state index contributed by atoms with van der Waals surface area (Å²) in [6, 6.07) is 13.9. The number of nitrogens with zero attached hydrogens (tertiary/aromatic N) is 4. The van der Waals surface area contributed by atoms with Crippen LogP contribution in [0.2, 0.25) is 0 Å². The Kier molecular flexibility index (Phi) is 4.40. The molecule has 0 aliphatic rings. The first-order chi connectivity index (χ1) is 12.3. The van der Waals surface area contributed by atoms with E-state index in [0.717, 1.165) is 16.3 Å². The van der Waals surface area contributed by atoms with Crippen LogP contribution in [0, 0.1) is 0 Å². The Hall–Kier alpha value is -2.78. The lowest BCUT2D eigenvalue weighted by molar-refractivity contribution is -0.113. The van der Waals surface area contributed by atoms with Gasteiger partial charge in [-0.05, 0) is 16.8 Å². The highest BCUT2D eigenvalue weighted by molar-refractivity contribution is 7.99. The third-order valence-electron chi connectivity index (χ3n) is 3.36. The molecule has 4 aromatic rings. The van der Waals surface area contributed by atoms with Gasteiger partial charge in [0.05, 0.1) is 5.75 Å². The SMILES string of the molecule is O=C(CSc1nnc(-c2cccc3ccccc23)o1)Nc1nncs1. The summed E-state index contributed by atoms with van der Waals surface area (Å²) in [5.41, 5.74) is 2.42. The second-order valence-electron chi connectivity index (χ2n) is 4.98. The first-order valence-electron chi connectivity index (χ1n) is 7.30. The van der Waals surface area contributed by atoms with Crippen molar-refractivity contribution < 1.29 is 9.21 Å². The van der Waals surface area contributed by atoms with Crippen molar-refractivity contribution >= 4 is 44.9 Å². The highest BCUT2D eigenvalue weighted by atomic mass is 32.2. The first-order valence-corrected chi connectivity index (χ1v) is 9.16. The van der Waals surface area contributed by atoms with Crippen LogP contribution in [0.5, 0.6) is 0 Å². The lowest BCUT2D eigenvalue weighted by Crippen LogP contribution is -2.13. The third kappa shape index (κ3) is 3.52. The molecule has 0 atom stereocenters. The minimum Gasteiger partial charge on any atom is -0.411 e. The molecule has 0 fully saturated rings. The molecule has 0 saturated heterocycles. The molecule has 0 bridgehead atoms. The summed E-state index contributed by atoms with van der Waals surface area (Å²) in [7, 11) is 0. The van der Waals surface area contributed by atoms with Gasteiger partial charge in [0.1, 0.15) is 5.51 Å². The molecule has 1 amide bonds. The molecule has 25 heavy (non-hydrogen) atoms. The molecule has 9 heteroatoms. The largest absolute Gasteiger partial charge is 0.411 e. The van der Waals surface area contributed by atoms with E-state index in [-0.39, 0.29) is 11.7 Å². The predicted octanol–water partition coefficient (Wildman–Crippen LogP) is 3.47. The average Bonchev–Trinajstić information content (AvgIpc) is 3.31. The number of thioether (sulfide) groups is 1. The van der Waals surface area contributed by atoms with Gasteiger partial charge < -0.3 is 4.42 Å². The summed E-state index contributed by atoms with van der Waals surface area (Å²) in [4.78, 5) is 11.9. The Morgan fingerprint density at radius 2 is 2.00 bits per heavy atom. The standard InChI is InChI=1S/C16H11N5O2S2/c22-13(18-15-20-17-9-25-15)8-24-16-21-19-14(23-16)12-7-3-5-10-4-1-2-6-11(10)12/h1-7,9H,8H2,(H,18,20,22). The highest BCUT2D eigenvalue weighted by Gasteiger charge is 2.13. The fraction of sp³-hybridized carbons (Fsp3) is 0.0625. The van der Waals surface area contributed by atoms with Gasteiger partial charge in [-0.3, -0.25) is 10.1 Å². The molecule has 124 valence electrons. The van der Waals surface area contributed by atoms with Crippen molar-refractivity contribution in [1.29, 1.82) is 0 Å². The molecular formula is C16H11N5O2S2. The van der Waals surface area contributed by atoms with Crippen molar-refractivity contribution in [2.24, 2.45) is 0 Å². The van der Waals surface area contributed by atoms with Gasteiger partial charge in [-0.2, -0.15) is 0 Å². The van der Waals surface area contributed by atoms with Crippen molar-refractivity contribution in [3.05, 3.63) is 48.0 Å². The average molecular weight is 369 g/mol. The van der Waals surface area contributed by atoms with Gasteiger partial charge in [-0.1, -0.05) is 59.5 Å². The highest BCUT2D eigenvalue weighted by Crippen LogP contribution is 2.29. The van der Waals surface area contributed by atoms with E-state index in [2.05, 4.69) is 25.7 Å². The molecule has 2 aromatic carbocycles. The summed E-state index contributed by atoms with van der Waals surface area (Å²) in [6.07, 6.45) is 0. The normalized spacial score (nSPS) is 10.9. The molecule has 1 N–H and O–H groups in total.